The van der Waals surface area contributed by atoms with E-state index in [0.717, 1.165) is 6.07 Å². The van der Waals surface area contributed by atoms with Gasteiger partial charge < -0.3 is 10.8 Å². The maximum absolute atomic E-state index is 13.2. The number of rotatable bonds is 3. The maximum Gasteiger partial charge on any atom is 0.325 e. The molecule has 0 bridgehead atoms. The first kappa shape index (κ1) is 13.9. The van der Waals surface area contributed by atoms with Gasteiger partial charge in [-0.1, -0.05) is 0 Å². The van der Waals surface area contributed by atoms with Crippen LogP contribution in [0.2, 0.25) is 0 Å². The first-order valence-corrected chi connectivity index (χ1v) is 6.04. The van der Waals surface area contributed by atoms with Crippen molar-refractivity contribution in [1.29, 1.82) is 0 Å². The third-order valence-corrected chi connectivity index (χ3v) is 3.67. The third kappa shape index (κ3) is 2.74. The monoisotopic (exact) mass is 270 g/mol. The third-order valence-electron chi connectivity index (χ3n) is 3.67. The van der Waals surface area contributed by atoms with Crippen molar-refractivity contribution in [2.24, 2.45) is 5.73 Å². The molecule has 2 unspecified atom stereocenters. The summed E-state index contributed by atoms with van der Waals surface area (Å²) in [5, 5.41) is 9.06. The quantitative estimate of drug-likeness (QED) is 0.873. The molecule has 1 fully saturated rings. The van der Waals surface area contributed by atoms with Gasteiger partial charge in [-0.15, -0.1) is 0 Å². The summed E-state index contributed by atoms with van der Waals surface area (Å²) in [5.74, 6) is -2.33. The van der Waals surface area contributed by atoms with Gasteiger partial charge in [0.1, 0.15) is 17.2 Å². The van der Waals surface area contributed by atoms with Gasteiger partial charge in [0.2, 0.25) is 0 Å². The minimum Gasteiger partial charge on any atom is -0.480 e. The van der Waals surface area contributed by atoms with Crippen molar-refractivity contribution in [2.75, 3.05) is 13.1 Å². The van der Waals surface area contributed by atoms with Crippen molar-refractivity contribution in [3.63, 3.8) is 0 Å². The van der Waals surface area contributed by atoms with Gasteiger partial charge in [-0.3, -0.25) is 9.69 Å². The Balaban J connectivity index is 2.17. The molecule has 0 amide bonds. The number of nitrogens with zero attached hydrogens (tertiary/aromatic N) is 1. The van der Waals surface area contributed by atoms with Gasteiger partial charge in [-0.25, -0.2) is 8.78 Å². The zero-order chi connectivity index (χ0) is 14.2. The van der Waals surface area contributed by atoms with Crippen molar-refractivity contribution in [3.05, 3.63) is 35.4 Å². The minimum atomic E-state index is -1.28. The highest BCUT2D eigenvalue weighted by atomic mass is 19.1. The topological polar surface area (TPSA) is 66.6 Å². The fourth-order valence-corrected chi connectivity index (χ4v) is 2.40. The van der Waals surface area contributed by atoms with Crippen LogP contribution >= 0.6 is 0 Å². The second-order valence-corrected chi connectivity index (χ2v) is 5.06. The highest BCUT2D eigenvalue weighted by molar-refractivity contribution is 5.79. The number of nitrogens with two attached hydrogens (primary N) is 1. The molecule has 1 aliphatic heterocycles. The van der Waals surface area contributed by atoms with Crippen LogP contribution in [0.3, 0.4) is 0 Å². The molecule has 19 heavy (non-hydrogen) atoms. The molecule has 0 spiro atoms. The predicted octanol–water partition coefficient (Wildman–Crippen LogP) is 1.51. The molecule has 1 aromatic carbocycles. The van der Waals surface area contributed by atoms with Crippen LogP contribution in [-0.4, -0.2) is 34.6 Å². The van der Waals surface area contributed by atoms with Gasteiger partial charge in [0.15, 0.2) is 0 Å². The van der Waals surface area contributed by atoms with Gasteiger partial charge >= 0.3 is 5.97 Å². The number of likely N-dealkylation sites (tertiary alicyclic amines) is 1. The normalized spacial score (nSPS) is 25.5. The number of halogens is 2. The van der Waals surface area contributed by atoms with E-state index in [1.165, 1.54) is 12.1 Å². The molecule has 1 aliphatic rings. The summed E-state index contributed by atoms with van der Waals surface area (Å²) in [4.78, 5) is 12.9. The summed E-state index contributed by atoms with van der Waals surface area (Å²) in [5.41, 5.74) is 4.98. The molecule has 0 aromatic heterocycles. The van der Waals surface area contributed by atoms with E-state index in [1.807, 2.05) is 4.90 Å². The Morgan fingerprint density at radius 1 is 1.42 bits per heavy atom. The van der Waals surface area contributed by atoms with Gasteiger partial charge in [0, 0.05) is 25.2 Å². The van der Waals surface area contributed by atoms with Gasteiger partial charge in [0.25, 0.3) is 0 Å². The molecule has 4 nitrogen and oxygen atoms in total. The van der Waals surface area contributed by atoms with Gasteiger partial charge in [-0.05, 0) is 31.0 Å². The van der Waals surface area contributed by atoms with Crippen molar-refractivity contribution in [1.82, 2.24) is 4.90 Å². The Morgan fingerprint density at radius 3 is 2.47 bits per heavy atom. The summed E-state index contributed by atoms with van der Waals surface area (Å²) >= 11 is 0. The molecule has 1 heterocycles. The number of hydrogen-bond donors (Lipinski definition) is 2. The summed E-state index contributed by atoms with van der Waals surface area (Å²) < 4.78 is 26.4. The van der Waals surface area contributed by atoms with Crippen LogP contribution in [0, 0.1) is 11.6 Å². The standard InChI is InChI=1S/C13H16F2N2O2/c1-8(9-4-10(14)6-11(15)5-9)17-3-2-13(16,7-17)12(18)19/h4-6,8H,2-3,7,16H2,1H3,(H,18,19). The lowest BCUT2D eigenvalue weighted by molar-refractivity contribution is -0.142. The first-order chi connectivity index (χ1) is 8.82. The molecule has 0 saturated carbocycles. The van der Waals surface area contributed by atoms with Crippen molar-refractivity contribution >= 4 is 5.97 Å². The summed E-state index contributed by atoms with van der Waals surface area (Å²) in [7, 11) is 0. The zero-order valence-corrected chi connectivity index (χ0v) is 10.6. The number of benzene rings is 1. The highest BCUT2D eigenvalue weighted by Gasteiger charge is 2.42. The SMILES string of the molecule is CC(c1cc(F)cc(F)c1)N1CCC(N)(C(=O)O)C1. The van der Waals surface area contributed by atoms with E-state index in [4.69, 9.17) is 10.8 Å². The molecule has 1 aromatic rings. The molecular weight excluding hydrogens is 254 g/mol. The van der Waals surface area contributed by atoms with Crippen molar-refractivity contribution < 1.29 is 18.7 Å². The second-order valence-electron chi connectivity index (χ2n) is 5.06. The minimum absolute atomic E-state index is 0.168. The predicted molar refractivity (Wildman–Crippen MR) is 65.5 cm³/mol. The molecule has 104 valence electrons. The van der Waals surface area contributed by atoms with E-state index in [2.05, 4.69) is 0 Å². The Bertz CT molecular complexity index is 489. The van der Waals surface area contributed by atoms with Crippen LogP contribution < -0.4 is 5.73 Å². The summed E-state index contributed by atoms with van der Waals surface area (Å²) in [6.45, 7) is 2.44. The average molecular weight is 270 g/mol. The Labute approximate surface area is 109 Å². The Morgan fingerprint density at radius 2 is 2.00 bits per heavy atom. The number of hydrogen-bond acceptors (Lipinski definition) is 3. The average Bonchev–Trinajstić information content (AvgIpc) is 2.71. The lowest BCUT2D eigenvalue weighted by Crippen LogP contribution is -2.50. The lowest BCUT2D eigenvalue weighted by atomic mass is 10.0. The van der Waals surface area contributed by atoms with Crippen LogP contribution in [0.5, 0.6) is 0 Å². The molecule has 2 rings (SSSR count). The van der Waals surface area contributed by atoms with E-state index >= 15 is 0 Å². The summed E-state index contributed by atoms with van der Waals surface area (Å²) in [6.07, 6.45) is 0.324. The highest BCUT2D eigenvalue weighted by Crippen LogP contribution is 2.29. The largest absolute Gasteiger partial charge is 0.480 e. The van der Waals surface area contributed by atoms with Crippen LogP contribution in [0.25, 0.3) is 0 Å². The number of aliphatic carboxylic acids is 1. The number of carboxylic acid groups (broad SMARTS) is 1. The van der Waals surface area contributed by atoms with E-state index in [9.17, 15) is 13.6 Å². The maximum atomic E-state index is 13.2. The van der Waals surface area contributed by atoms with E-state index in [1.54, 1.807) is 6.92 Å². The molecule has 1 saturated heterocycles. The molecule has 6 heteroatoms. The summed E-state index contributed by atoms with van der Waals surface area (Å²) in [6, 6.07) is 3.04. The van der Waals surface area contributed by atoms with E-state index in [-0.39, 0.29) is 12.6 Å². The Hall–Kier alpha value is -1.53. The van der Waals surface area contributed by atoms with Gasteiger partial charge in [-0.2, -0.15) is 0 Å². The number of carbonyl (C=O) groups is 1. The van der Waals surface area contributed by atoms with Crippen molar-refractivity contribution in [2.45, 2.75) is 24.9 Å². The molecule has 2 atom stereocenters. The Kier molecular flexibility index (Phi) is 3.56. The molecule has 0 radical (unpaired) electrons. The fourth-order valence-electron chi connectivity index (χ4n) is 2.40. The van der Waals surface area contributed by atoms with Crippen LogP contribution in [0.1, 0.15) is 24.9 Å². The fraction of sp³-hybridized carbons (Fsp3) is 0.462. The second kappa shape index (κ2) is 4.86. The first-order valence-electron chi connectivity index (χ1n) is 6.04. The molecule has 3 N–H and O–H groups in total. The van der Waals surface area contributed by atoms with Crippen LogP contribution in [-0.2, 0) is 4.79 Å². The van der Waals surface area contributed by atoms with E-state index < -0.39 is 23.1 Å². The molecule has 0 aliphatic carbocycles. The van der Waals surface area contributed by atoms with Gasteiger partial charge in [0.05, 0.1) is 0 Å². The van der Waals surface area contributed by atoms with E-state index in [0.29, 0.717) is 18.5 Å². The smallest absolute Gasteiger partial charge is 0.325 e. The van der Waals surface area contributed by atoms with Crippen molar-refractivity contribution in [3.8, 4) is 0 Å². The lowest BCUT2D eigenvalue weighted by Gasteiger charge is -2.26. The van der Waals surface area contributed by atoms with Crippen LogP contribution in [0.15, 0.2) is 18.2 Å². The molecular formula is C13H16F2N2O2. The van der Waals surface area contributed by atoms with Crippen LogP contribution in [0.4, 0.5) is 8.78 Å². The zero-order valence-electron chi connectivity index (χ0n) is 10.6. The number of carboxylic acids is 1.